The van der Waals surface area contributed by atoms with Crippen LogP contribution in [-0.4, -0.2) is 33.2 Å². The molecule has 6 nitrogen and oxygen atoms in total. The van der Waals surface area contributed by atoms with E-state index in [0.717, 1.165) is 29.5 Å². The van der Waals surface area contributed by atoms with E-state index in [4.69, 9.17) is 11.6 Å². The van der Waals surface area contributed by atoms with Gasteiger partial charge in [-0.05, 0) is 48.5 Å². The normalized spacial score (nSPS) is 11.3. The summed E-state index contributed by atoms with van der Waals surface area (Å²) >= 11 is 6.95. The Morgan fingerprint density at radius 3 is 2.46 bits per heavy atom. The van der Waals surface area contributed by atoms with E-state index in [-0.39, 0.29) is 17.4 Å². The zero-order chi connectivity index (χ0) is 20.1. The molecule has 1 amide bonds. The lowest BCUT2D eigenvalue weighted by Crippen LogP contribution is -2.17. The Morgan fingerprint density at radius 2 is 1.82 bits per heavy atom. The summed E-state index contributed by atoms with van der Waals surface area (Å²) in [6.45, 7) is 0. The summed E-state index contributed by atoms with van der Waals surface area (Å²) in [6, 6.07) is 11.9. The molecule has 2 N–H and O–H groups in total. The molecule has 3 rings (SSSR count). The van der Waals surface area contributed by atoms with Crippen molar-refractivity contribution in [2.45, 2.75) is 11.5 Å². The van der Waals surface area contributed by atoms with E-state index in [1.54, 1.807) is 24.3 Å². The number of ether oxygens (including phenoxy) is 1. The van der Waals surface area contributed by atoms with E-state index in [1.165, 1.54) is 12.1 Å². The molecule has 3 aromatic rings. The highest BCUT2D eigenvalue weighted by Crippen LogP contribution is 2.24. The number of halogens is 4. The van der Waals surface area contributed by atoms with Gasteiger partial charge in [0.25, 0.3) is 0 Å². The van der Waals surface area contributed by atoms with Crippen molar-refractivity contribution in [3.05, 3.63) is 53.6 Å². The van der Waals surface area contributed by atoms with Crippen molar-refractivity contribution in [2.75, 3.05) is 11.1 Å². The molecule has 146 valence electrons. The van der Waals surface area contributed by atoms with Crippen LogP contribution in [0.4, 0.5) is 18.9 Å². The van der Waals surface area contributed by atoms with Crippen molar-refractivity contribution in [1.29, 1.82) is 0 Å². The fourth-order valence-electron chi connectivity index (χ4n) is 2.11. The minimum absolute atomic E-state index is 0.0265. The predicted octanol–water partition coefficient (Wildman–Crippen LogP) is 4.75. The summed E-state index contributed by atoms with van der Waals surface area (Å²) in [4.78, 5) is 16.3. The molecule has 0 radical (unpaired) electrons. The number of hydrogen-bond acceptors (Lipinski definition) is 5. The largest absolute Gasteiger partial charge is 0.573 e. The van der Waals surface area contributed by atoms with Crippen molar-refractivity contribution < 1.29 is 22.7 Å². The number of aromatic amines is 1. The molecule has 2 aromatic carbocycles. The lowest BCUT2D eigenvalue weighted by Gasteiger charge is -2.09. The molecule has 0 unspecified atom stereocenters. The van der Waals surface area contributed by atoms with Crippen LogP contribution in [0.1, 0.15) is 0 Å². The molecule has 11 heteroatoms. The van der Waals surface area contributed by atoms with Crippen LogP contribution < -0.4 is 10.1 Å². The van der Waals surface area contributed by atoms with Crippen LogP contribution in [0.2, 0.25) is 5.02 Å². The van der Waals surface area contributed by atoms with Crippen molar-refractivity contribution in [3.8, 4) is 17.1 Å². The number of nitrogens with zero attached hydrogens (tertiary/aromatic N) is 2. The molecule has 1 aromatic heterocycles. The van der Waals surface area contributed by atoms with Crippen LogP contribution in [-0.2, 0) is 4.79 Å². The van der Waals surface area contributed by atoms with E-state index < -0.39 is 6.36 Å². The summed E-state index contributed by atoms with van der Waals surface area (Å²) in [5.41, 5.74) is 1.14. The fourth-order valence-corrected chi connectivity index (χ4v) is 2.84. The number of carbonyl (C=O) groups is 1. The molecule has 0 aliphatic heterocycles. The Bertz CT molecular complexity index is 946. The third kappa shape index (κ3) is 5.89. The van der Waals surface area contributed by atoms with E-state index in [1.807, 2.05) is 0 Å². The van der Waals surface area contributed by atoms with Crippen LogP contribution in [0.15, 0.2) is 53.7 Å². The minimum atomic E-state index is -4.76. The zero-order valence-electron chi connectivity index (χ0n) is 14.0. The van der Waals surface area contributed by atoms with Gasteiger partial charge in [-0.2, -0.15) is 0 Å². The number of thioether (sulfide) groups is 1. The van der Waals surface area contributed by atoms with Gasteiger partial charge in [-0.25, -0.2) is 4.98 Å². The average Bonchev–Trinajstić information content (AvgIpc) is 3.10. The van der Waals surface area contributed by atoms with Crippen LogP contribution in [0.25, 0.3) is 11.4 Å². The summed E-state index contributed by atoms with van der Waals surface area (Å²) in [7, 11) is 0. The average molecular weight is 429 g/mol. The summed E-state index contributed by atoms with van der Waals surface area (Å²) in [6.07, 6.45) is -4.76. The first-order chi connectivity index (χ1) is 13.3. The SMILES string of the molecule is O=C(CSc1n[nH]c(-c2ccc(Cl)cc2)n1)Nc1ccc(OC(F)(F)F)cc1. The van der Waals surface area contributed by atoms with Gasteiger partial charge < -0.3 is 10.1 Å². The molecule has 0 aliphatic carbocycles. The fraction of sp³-hybridized carbons (Fsp3) is 0.118. The quantitative estimate of drug-likeness (QED) is 0.553. The number of carbonyl (C=O) groups excluding carboxylic acids is 1. The van der Waals surface area contributed by atoms with Crippen LogP contribution >= 0.6 is 23.4 Å². The van der Waals surface area contributed by atoms with Gasteiger partial charge in [0.2, 0.25) is 11.1 Å². The third-order valence-electron chi connectivity index (χ3n) is 3.29. The zero-order valence-corrected chi connectivity index (χ0v) is 15.5. The van der Waals surface area contributed by atoms with Crippen LogP contribution in [0.5, 0.6) is 5.75 Å². The molecule has 0 aliphatic rings. The number of anilines is 1. The Morgan fingerprint density at radius 1 is 1.14 bits per heavy atom. The molecule has 0 atom stereocenters. The third-order valence-corrected chi connectivity index (χ3v) is 4.39. The highest BCUT2D eigenvalue weighted by Gasteiger charge is 2.30. The molecular formula is C17H12ClF3N4O2S. The first kappa shape index (κ1) is 20.0. The van der Waals surface area contributed by atoms with Crippen molar-refractivity contribution in [3.63, 3.8) is 0 Å². The highest BCUT2D eigenvalue weighted by molar-refractivity contribution is 7.99. The lowest BCUT2D eigenvalue weighted by atomic mass is 10.2. The summed E-state index contributed by atoms with van der Waals surface area (Å²) < 4.78 is 40.1. The van der Waals surface area contributed by atoms with E-state index >= 15 is 0 Å². The minimum Gasteiger partial charge on any atom is -0.406 e. The second-order valence-corrected chi connectivity index (χ2v) is 6.76. The highest BCUT2D eigenvalue weighted by atomic mass is 35.5. The maximum atomic E-state index is 12.1. The van der Waals surface area contributed by atoms with Crippen molar-refractivity contribution >= 4 is 35.0 Å². The van der Waals surface area contributed by atoms with Crippen molar-refractivity contribution in [2.24, 2.45) is 0 Å². The number of aromatic nitrogens is 3. The number of hydrogen-bond donors (Lipinski definition) is 2. The van der Waals surface area contributed by atoms with Gasteiger partial charge in [0.1, 0.15) is 5.75 Å². The molecule has 0 fully saturated rings. The maximum absolute atomic E-state index is 12.1. The molecule has 0 bridgehead atoms. The molecule has 1 heterocycles. The number of rotatable bonds is 6. The maximum Gasteiger partial charge on any atom is 0.573 e. The van der Waals surface area contributed by atoms with Gasteiger partial charge in [-0.15, -0.1) is 18.3 Å². The Hall–Kier alpha value is -2.72. The van der Waals surface area contributed by atoms with Gasteiger partial charge in [0.15, 0.2) is 5.82 Å². The monoisotopic (exact) mass is 428 g/mol. The van der Waals surface area contributed by atoms with Gasteiger partial charge in [0.05, 0.1) is 5.75 Å². The van der Waals surface area contributed by atoms with E-state index in [9.17, 15) is 18.0 Å². The Labute approximate surface area is 166 Å². The van der Waals surface area contributed by atoms with E-state index in [2.05, 4.69) is 25.2 Å². The summed E-state index contributed by atoms with van der Waals surface area (Å²) in [5.74, 6) is -0.152. The Balaban J connectivity index is 1.51. The topological polar surface area (TPSA) is 79.9 Å². The summed E-state index contributed by atoms with van der Waals surface area (Å²) in [5, 5.41) is 10.4. The van der Waals surface area contributed by atoms with Crippen LogP contribution in [0.3, 0.4) is 0 Å². The molecular weight excluding hydrogens is 417 g/mol. The number of amides is 1. The molecule has 28 heavy (non-hydrogen) atoms. The van der Waals surface area contributed by atoms with Crippen molar-refractivity contribution in [1.82, 2.24) is 15.2 Å². The standard InChI is InChI=1S/C17H12ClF3N4O2S/c18-11-3-1-10(2-4-11)15-23-16(25-24-15)28-9-14(26)22-12-5-7-13(8-6-12)27-17(19,20)21/h1-8H,9H2,(H,22,26)(H,23,24,25). The second kappa shape index (κ2) is 8.53. The van der Waals surface area contributed by atoms with Gasteiger partial charge in [-0.3, -0.25) is 9.89 Å². The number of H-pyrrole nitrogens is 1. The first-order valence-electron chi connectivity index (χ1n) is 7.75. The first-order valence-corrected chi connectivity index (χ1v) is 9.12. The van der Waals surface area contributed by atoms with E-state index in [0.29, 0.717) is 21.7 Å². The number of alkyl halides is 3. The number of benzene rings is 2. The van der Waals surface area contributed by atoms with Gasteiger partial charge >= 0.3 is 6.36 Å². The van der Waals surface area contributed by atoms with Gasteiger partial charge in [0, 0.05) is 16.3 Å². The van der Waals surface area contributed by atoms with Gasteiger partial charge in [-0.1, -0.05) is 23.4 Å². The lowest BCUT2D eigenvalue weighted by molar-refractivity contribution is -0.274. The number of nitrogens with one attached hydrogen (secondary N) is 2. The smallest absolute Gasteiger partial charge is 0.406 e. The predicted molar refractivity (Wildman–Crippen MR) is 99.3 cm³/mol. The van der Waals surface area contributed by atoms with Crippen LogP contribution in [0, 0.1) is 0 Å². The Kier molecular flexibility index (Phi) is 6.10. The molecule has 0 saturated carbocycles. The second-order valence-electron chi connectivity index (χ2n) is 5.38. The molecule has 0 saturated heterocycles. The molecule has 0 spiro atoms.